The van der Waals surface area contributed by atoms with Crippen LogP contribution in [0.4, 0.5) is 0 Å². The maximum absolute atomic E-state index is 12.4. The van der Waals surface area contributed by atoms with E-state index in [1.54, 1.807) is 18.2 Å². The maximum Gasteiger partial charge on any atom is 0.261 e. The van der Waals surface area contributed by atoms with Gasteiger partial charge >= 0.3 is 0 Å². The molecule has 2 aliphatic heterocycles. The number of benzene rings is 1. The first-order valence-electron chi connectivity index (χ1n) is 9.81. The molecule has 8 heteroatoms. The lowest BCUT2D eigenvalue weighted by Gasteiger charge is -2.21. The van der Waals surface area contributed by atoms with Crippen molar-refractivity contribution in [2.45, 2.75) is 32.5 Å². The lowest BCUT2D eigenvalue weighted by molar-refractivity contribution is 0.0666. The van der Waals surface area contributed by atoms with Crippen molar-refractivity contribution in [3.05, 3.63) is 57.5 Å². The van der Waals surface area contributed by atoms with Crippen LogP contribution in [-0.2, 0) is 17.8 Å². The predicted molar refractivity (Wildman–Crippen MR) is 106 cm³/mol. The monoisotopic (exact) mass is 399 g/mol. The van der Waals surface area contributed by atoms with Gasteiger partial charge in [0, 0.05) is 38.5 Å². The number of nitrogens with zero attached hydrogens (tertiary/aromatic N) is 1. The molecule has 1 amide bonds. The Balaban J connectivity index is 1.37. The smallest absolute Gasteiger partial charge is 0.261 e. The number of hydrogen-bond donors (Lipinski definition) is 2. The third-order valence-corrected chi connectivity index (χ3v) is 5.03. The summed E-state index contributed by atoms with van der Waals surface area (Å²) in [5.41, 5.74) is 1.37. The lowest BCUT2D eigenvalue weighted by Crippen LogP contribution is -2.32. The number of carbonyl (C=O) groups excluding carboxylic acids is 1. The van der Waals surface area contributed by atoms with Crippen LogP contribution in [0.25, 0.3) is 0 Å². The fourth-order valence-electron chi connectivity index (χ4n) is 3.58. The molecule has 0 spiro atoms. The third kappa shape index (κ3) is 4.78. The number of hydrogen-bond acceptors (Lipinski definition) is 6. The minimum absolute atomic E-state index is 0.0991. The average molecular weight is 399 g/mol. The van der Waals surface area contributed by atoms with Gasteiger partial charge in [0.1, 0.15) is 5.56 Å². The van der Waals surface area contributed by atoms with E-state index in [1.165, 1.54) is 0 Å². The van der Waals surface area contributed by atoms with Crippen LogP contribution in [-0.4, -0.2) is 48.4 Å². The van der Waals surface area contributed by atoms with Crippen LogP contribution < -0.4 is 20.3 Å². The van der Waals surface area contributed by atoms with Crippen LogP contribution in [0.5, 0.6) is 11.5 Å². The van der Waals surface area contributed by atoms with Gasteiger partial charge < -0.3 is 24.5 Å². The third-order valence-electron chi connectivity index (χ3n) is 5.03. The number of nitrogens with one attached hydrogen (secondary N) is 2. The minimum atomic E-state index is -0.410. The molecule has 29 heavy (non-hydrogen) atoms. The summed E-state index contributed by atoms with van der Waals surface area (Å²) < 4.78 is 16.3. The molecule has 3 heterocycles. The summed E-state index contributed by atoms with van der Waals surface area (Å²) >= 11 is 0. The highest BCUT2D eigenvalue weighted by molar-refractivity contribution is 5.93. The number of ether oxygens (including phenoxy) is 3. The Bertz CT molecular complexity index is 942. The molecule has 154 valence electrons. The van der Waals surface area contributed by atoms with Crippen molar-refractivity contribution in [1.29, 1.82) is 0 Å². The second-order valence-electron chi connectivity index (χ2n) is 7.37. The Hall–Kier alpha value is -2.84. The number of pyridine rings is 1. The van der Waals surface area contributed by atoms with Crippen LogP contribution in [0.1, 0.15) is 35.0 Å². The Morgan fingerprint density at radius 2 is 2.10 bits per heavy atom. The van der Waals surface area contributed by atoms with E-state index in [-0.39, 0.29) is 24.0 Å². The van der Waals surface area contributed by atoms with Crippen LogP contribution in [0.2, 0.25) is 0 Å². The SMILES string of the molecule is C[C@@H]1CN(Cc2ccc(C(=O)NCc3ccc4c(c3)OCO4)c(=O)[nH]2)CCCO1. The van der Waals surface area contributed by atoms with Gasteiger partial charge in [-0.1, -0.05) is 6.07 Å². The Morgan fingerprint density at radius 3 is 2.97 bits per heavy atom. The van der Waals surface area contributed by atoms with Crippen LogP contribution >= 0.6 is 0 Å². The summed E-state index contributed by atoms with van der Waals surface area (Å²) in [4.78, 5) is 30.0. The number of rotatable bonds is 5. The molecule has 2 N–H and O–H groups in total. The Labute approximate surface area is 168 Å². The normalized spacial score (nSPS) is 19.0. The molecular weight excluding hydrogens is 374 g/mol. The van der Waals surface area contributed by atoms with Crippen molar-refractivity contribution in [2.24, 2.45) is 0 Å². The number of amides is 1. The summed E-state index contributed by atoms with van der Waals surface area (Å²) in [5.74, 6) is 0.942. The molecule has 0 aliphatic carbocycles. The van der Waals surface area contributed by atoms with E-state index in [1.807, 2.05) is 12.1 Å². The van der Waals surface area contributed by atoms with Gasteiger partial charge in [-0.3, -0.25) is 14.5 Å². The highest BCUT2D eigenvalue weighted by Crippen LogP contribution is 2.32. The Kier molecular flexibility index (Phi) is 5.82. The zero-order chi connectivity index (χ0) is 20.2. The molecular formula is C21H25N3O5. The number of aromatic amines is 1. The second kappa shape index (κ2) is 8.67. The topological polar surface area (TPSA) is 92.9 Å². The van der Waals surface area contributed by atoms with Gasteiger partial charge in [-0.25, -0.2) is 0 Å². The van der Waals surface area contributed by atoms with Gasteiger partial charge in [0.15, 0.2) is 11.5 Å². The number of fused-ring (bicyclic) bond motifs is 1. The molecule has 1 saturated heterocycles. The van der Waals surface area contributed by atoms with Crippen LogP contribution in [0, 0.1) is 0 Å². The van der Waals surface area contributed by atoms with E-state index in [9.17, 15) is 9.59 Å². The molecule has 1 aromatic carbocycles. The molecule has 1 aromatic heterocycles. The lowest BCUT2D eigenvalue weighted by atomic mass is 10.2. The second-order valence-corrected chi connectivity index (χ2v) is 7.37. The molecule has 0 bridgehead atoms. The molecule has 1 atom stereocenters. The van der Waals surface area contributed by atoms with Gasteiger partial charge in [0.2, 0.25) is 6.79 Å². The van der Waals surface area contributed by atoms with Crippen molar-refractivity contribution in [2.75, 3.05) is 26.5 Å². The summed E-state index contributed by atoms with van der Waals surface area (Å²) in [5, 5.41) is 2.78. The van der Waals surface area contributed by atoms with Crippen LogP contribution in [0.15, 0.2) is 35.1 Å². The molecule has 1 fully saturated rings. The molecule has 2 aliphatic rings. The van der Waals surface area contributed by atoms with Gasteiger partial charge in [-0.15, -0.1) is 0 Å². The average Bonchev–Trinajstić information content (AvgIpc) is 3.07. The first-order valence-corrected chi connectivity index (χ1v) is 9.81. The molecule has 0 radical (unpaired) electrons. The van der Waals surface area contributed by atoms with E-state index in [4.69, 9.17) is 14.2 Å². The zero-order valence-corrected chi connectivity index (χ0v) is 16.4. The fourth-order valence-corrected chi connectivity index (χ4v) is 3.58. The van der Waals surface area contributed by atoms with Crippen molar-refractivity contribution in [3.63, 3.8) is 0 Å². The van der Waals surface area contributed by atoms with Crippen molar-refractivity contribution < 1.29 is 19.0 Å². The van der Waals surface area contributed by atoms with Crippen molar-refractivity contribution in [3.8, 4) is 11.5 Å². The molecule has 8 nitrogen and oxygen atoms in total. The number of carbonyl (C=O) groups is 1. The van der Waals surface area contributed by atoms with Gasteiger partial charge in [-0.2, -0.15) is 0 Å². The maximum atomic E-state index is 12.4. The quantitative estimate of drug-likeness (QED) is 0.794. The number of aromatic nitrogens is 1. The largest absolute Gasteiger partial charge is 0.454 e. The molecule has 4 rings (SSSR count). The first kappa shape index (κ1) is 19.5. The summed E-state index contributed by atoms with van der Waals surface area (Å²) in [6, 6.07) is 8.86. The first-order chi connectivity index (χ1) is 14.1. The molecule has 0 unspecified atom stereocenters. The van der Waals surface area contributed by atoms with E-state index < -0.39 is 5.91 Å². The zero-order valence-electron chi connectivity index (χ0n) is 16.4. The summed E-state index contributed by atoms with van der Waals surface area (Å²) in [6.45, 7) is 5.68. The predicted octanol–water partition coefficient (Wildman–Crippen LogP) is 1.64. The highest BCUT2D eigenvalue weighted by atomic mass is 16.7. The fraction of sp³-hybridized carbons (Fsp3) is 0.429. The van der Waals surface area contributed by atoms with Crippen molar-refractivity contribution >= 4 is 5.91 Å². The van der Waals surface area contributed by atoms with E-state index in [0.29, 0.717) is 24.6 Å². The molecule has 0 saturated carbocycles. The summed E-state index contributed by atoms with van der Waals surface area (Å²) in [7, 11) is 0. The summed E-state index contributed by atoms with van der Waals surface area (Å²) in [6.07, 6.45) is 1.14. The van der Waals surface area contributed by atoms with E-state index in [0.717, 1.165) is 37.4 Å². The highest BCUT2D eigenvalue weighted by Gasteiger charge is 2.17. The number of H-pyrrole nitrogens is 1. The van der Waals surface area contributed by atoms with E-state index in [2.05, 4.69) is 22.1 Å². The van der Waals surface area contributed by atoms with Gasteiger partial charge in [0.25, 0.3) is 11.5 Å². The Morgan fingerprint density at radius 1 is 1.24 bits per heavy atom. The van der Waals surface area contributed by atoms with Gasteiger partial charge in [-0.05, 0) is 43.2 Å². The van der Waals surface area contributed by atoms with E-state index >= 15 is 0 Å². The molecule has 2 aromatic rings. The van der Waals surface area contributed by atoms with Gasteiger partial charge in [0.05, 0.1) is 6.10 Å². The standard InChI is InChI=1S/C21H25N3O5/c1-14-11-24(7-2-8-27-14)12-16-4-5-17(21(26)23-16)20(25)22-10-15-3-6-18-19(9-15)29-13-28-18/h3-6,9,14H,2,7-8,10-13H2,1H3,(H,22,25)(H,23,26)/t14-/m1/s1. The van der Waals surface area contributed by atoms with Crippen LogP contribution in [0.3, 0.4) is 0 Å². The minimum Gasteiger partial charge on any atom is -0.454 e. The van der Waals surface area contributed by atoms with Crippen molar-refractivity contribution in [1.82, 2.24) is 15.2 Å².